The van der Waals surface area contributed by atoms with E-state index in [1.165, 1.54) is 0 Å². The Hall–Kier alpha value is -2.95. The number of carbonyl (C=O) groups excluding carboxylic acids is 1. The maximum absolute atomic E-state index is 14.7. The van der Waals surface area contributed by atoms with Gasteiger partial charge in [-0.1, -0.05) is 71.1 Å². The van der Waals surface area contributed by atoms with Gasteiger partial charge in [0, 0.05) is 23.1 Å². The maximum atomic E-state index is 14.7. The number of hydrogen-bond donors (Lipinski definition) is 2. The van der Waals surface area contributed by atoms with Gasteiger partial charge in [0.05, 0.1) is 11.3 Å². The lowest BCUT2D eigenvalue weighted by Gasteiger charge is -2.36. The summed E-state index contributed by atoms with van der Waals surface area (Å²) < 4.78 is 56.5. The van der Waals surface area contributed by atoms with E-state index in [2.05, 4.69) is 38.2 Å². The summed E-state index contributed by atoms with van der Waals surface area (Å²) >= 11 is 2.18. The van der Waals surface area contributed by atoms with Crippen LogP contribution in [0.1, 0.15) is 40.8 Å². The number of alkyl halides is 4. The first-order chi connectivity index (χ1) is 17.2. The number of nitrogens with zero attached hydrogens (tertiary/aromatic N) is 1. The molecule has 2 amide bonds. The highest BCUT2D eigenvalue weighted by molar-refractivity contribution is 14.1. The number of pyridine rings is 1. The second kappa shape index (κ2) is 11.0. The monoisotopic (exact) mass is 609 g/mol. The fourth-order valence-electron chi connectivity index (χ4n) is 4.33. The molecule has 2 N–H and O–H groups in total. The Morgan fingerprint density at radius 3 is 2.28 bits per heavy atom. The molecule has 2 aromatic carbocycles. The number of aromatic nitrogens is 1. The predicted octanol–water partition coefficient (Wildman–Crippen LogP) is 6.68. The average Bonchev–Trinajstić information content (AvgIpc) is 3.36. The van der Waals surface area contributed by atoms with Crippen LogP contribution in [-0.2, 0) is 22.6 Å². The zero-order valence-electron chi connectivity index (χ0n) is 19.2. The second-order valence-electron chi connectivity index (χ2n) is 8.72. The van der Waals surface area contributed by atoms with Gasteiger partial charge in [0.1, 0.15) is 11.4 Å². The van der Waals surface area contributed by atoms with Gasteiger partial charge in [-0.25, -0.2) is 9.18 Å². The molecule has 1 atom stereocenters. The molecular formula is C27H24F4IN3O. The van der Waals surface area contributed by atoms with Gasteiger partial charge in [-0.3, -0.25) is 4.98 Å². The first-order valence-corrected chi connectivity index (χ1v) is 12.9. The van der Waals surface area contributed by atoms with Crippen molar-refractivity contribution in [1.29, 1.82) is 0 Å². The number of rotatable bonds is 7. The fraction of sp³-hybridized carbons (Fsp3) is 0.259. The molecule has 0 aliphatic heterocycles. The maximum Gasteiger partial charge on any atom is 0.416 e. The third kappa shape index (κ3) is 6.05. The molecule has 1 heterocycles. The third-order valence-electron chi connectivity index (χ3n) is 6.12. The van der Waals surface area contributed by atoms with E-state index >= 15 is 0 Å². The van der Waals surface area contributed by atoms with E-state index < -0.39 is 29.1 Å². The molecule has 9 heteroatoms. The molecule has 0 saturated heterocycles. The van der Waals surface area contributed by atoms with Crippen molar-refractivity contribution in [2.24, 2.45) is 0 Å². The van der Waals surface area contributed by atoms with E-state index in [1.54, 1.807) is 42.6 Å². The minimum atomic E-state index is -4.77. The molecule has 36 heavy (non-hydrogen) atoms. The Kier molecular flexibility index (Phi) is 7.97. The lowest BCUT2D eigenvalue weighted by Crippen LogP contribution is -2.54. The summed E-state index contributed by atoms with van der Waals surface area (Å²) in [7, 11) is 0. The van der Waals surface area contributed by atoms with E-state index in [0.29, 0.717) is 29.0 Å². The van der Waals surface area contributed by atoms with Gasteiger partial charge >= 0.3 is 12.2 Å². The van der Waals surface area contributed by atoms with Gasteiger partial charge in [-0.15, -0.1) is 0 Å². The van der Waals surface area contributed by atoms with Crippen LogP contribution in [-0.4, -0.2) is 17.1 Å². The summed E-state index contributed by atoms with van der Waals surface area (Å²) in [5.41, 5.74) is -0.821. The van der Waals surface area contributed by atoms with Crippen molar-refractivity contribution in [2.45, 2.75) is 41.4 Å². The summed E-state index contributed by atoms with van der Waals surface area (Å²) in [4.78, 5) is 17.8. The van der Waals surface area contributed by atoms with Crippen molar-refractivity contribution in [3.8, 4) is 0 Å². The number of benzene rings is 2. The summed E-state index contributed by atoms with van der Waals surface area (Å²) in [6.45, 7) is 0. The normalized spacial score (nSPS) is 15.5. The molecule has 4 rings (SSSR count). The number of hydrogen-bond acceptors (Lipinski definition) is 2. The fourth-order valence-corrected chi connectivity index (χ4v) is 4.78. The van der Waals surface area contributed by atoms with Crippen LogP contribution in [0.15, 0.2) is 79.0 Å². The highest BCUT2D eigenvalue weighted by Gasteiger charge is 2.41. The van der Waals surface area contributed by atoms with E-state index in [9.17, 15) is 22.4 Å². The number of halogens is 5. The van der Waals surface area contributed by atoms with Crippen LogP contribution in [0, 0.1) is 5.82 Å². The molecule has 1 aliphatic rings. The standard InChI is InChI=1S/C27H24F4IN3O/c28-22-13-20(12-21(14-22)27(29,30)31)26(15-18-6-2-1-3-7-18,24-11-10-19(16-32)17-33-24)35-25(36)34-23-8-4-5-9-23/h1-7,10-14,17,23H,8-9,15-16H2,(H2,34,35,36)/t26-/m0/s1. The van der Waals surface area contributed by atoms with Crippen LogP contribution >= 0.6 is 22.6 Å². The van der Waals surface area contributed by atoms with Crippen molar-refractivity contribution >= 4 is 28.6 Å². The lowest BCUT2D eigenvalue weighted by atomic mass is 9.79. The van der Waals surface area contributed by atoms with E-state index in [4.69, 9.17) is 0 Å². The van der Waals surface area contributed by atoms with Crippen LogP contribution < -0.4 is 10.6 Å². The molecular weight excluding hydrogens is 585 g/mol. The molecule has 1 aromatic heterocycles. The first kappa shape index (κ1) is 26.1. The summed E-state index contributed by atoms with van der Waals surface area (Å²) in [5, 5.41) is 5.79. The van der Waals surface area contributed by atoms with Crippen molar-refractivity contribution in [3.05, 3.63) is 113 Å². The topological polar surface area (TPSA) is 54.0 Å². The molecule has 3 aromatic rings. The molecule has 0 bridgehead atoms. The van der Waals surface area contributed by atoms with E-state index in [1.807, 2.05) is 18.2 Å². The minimum absolute atomic E-state index is 0.0481. The average molecular weight is 609 g/mol. The van der Waals surface area contributed by atoms with Gasteiger partial charge < -0.3 is 10.6 Å². The molecule has 1 aliphatic carbocycles. The number of amides is 2. The van der Waals surface area contributed by atoms with Crippen LogP contribution in [0.5, 0.6) is 0 Å². The minimum Gasteiger partial charge on any atom is -0.335 e. The predicted molar refractivity (Wildman–Crippen MR) is 138 cm³/mol. The molecule has 0 spiro atoms. The van der Waals surface area contributed by atoms with Crippen LogP contribution in [0.3, 0.4) is 0 Å². The highest BCUT2D eigenvalue weighted by Crippen LogP contribution is 2.37. The largest absolute Gasteiger partial charge is 0.416 e. The van der Waals surface area contributed by atoms with Crippen LogP contribution in [0.25, 0.3) is 0 Å². The Morgan fingerprint density at radius 2 is 1.67 bits per heavy atom. The van der Waals surface area contributed by atoms with Crippen molar-refractivity contribution in [2.75, 3.05) is 0 Å². The second-order valence-corrected chi connectivity index (χ2v) is 9.48. The Labute approximate surface area is 220 Å². The quantitative estimate of drug-likeness (QED) is 0.136. The summed E-state index contributed by atoms with van der Waals surface area (Å²) in [5.74, 6) is -1.05. The molecule has 0 fully saturated rings. The first-order valence-electron chi connectivity index (χ1n) is 11.4. The SMILES string of the molecule is O=C(NC1CC=CC1)N[C@@](Cc1ccccc1)(c1cc(F)cc(C(F)(F)F)c1)c1ccc(CI)cn1. The lowest BCUT2D eigenvalue weighted by molar-refractivity contribution is -0.137. The summed E-state index contributed by atoms with van der Waals surface area (Å²) in [6.07, 6.45) is 2.11. The van der Waals surface area contributed by atoms with Gasteiger partial charge in [-0.2, -0.15) is 13.2 Å². The Morgan fingerprint density at radius 1 is 0.972 bits per heavy atom. The number of nitrogens with one attached hydrogen (secondary N) is 2. The van der Waals surface area contributed by atoms with Crippen molar-refractivity contribution in [3.63, 3.8) is 0 Å². The molecule has 4 nitrogen and oxygen atoms in total. The zero-order chi connectivity index (χ0) is 25.8. The molecule has 0 radical (unpaired) electrons. The van der Waals surface area contributed by atoms with Crippen molar-refractivity contribution < 1.29 is 22.4 Å². The zero-order valence-corrected chi connectivity index (χ0v) is 21.3. The summed E-state index contributed by atoms with van der Waals surface area (Å²) in [6, 6.07) is 14.2. The van der Waals surface area contributed by atoms with E-state index in [0.717, 1.165) is 23.3 Å². The van der Waals surface area contributed by atoms with E-state index in [-0.39, 0.29) is 18.0 Å². The smallest absolute Gasteiger partial charge is 0.335 e. The molecule has 0 saturated carbocycles. The van der Waals surface area contributed by atoms with Crippen LogP contribution in [0.4, 0.5) is 22.4 Å². The molecule has 188 valence electrons. The molecule has 0 unspecified atom stereocenters. The van der Waals surface area contributed by atoms with Gasteiger partial charge in [-0.05, 0) is 53.8 Å². The van der Waals surface area contributed by atoms with Gasteiger partial charge in [0.2, 0.25) is 0 Å². The highest BCUT2D eigenvalue weighted by atomic mass is 127. The number of urea groups is 1. The van der Waals surface area contributed by atoms with Crippen molar-refractivity contribution in [1.82, 2.24) is 15.6 Å². The Balaban J connectivity index is 1.89. The Bertz CT molecular complexity index is 1220. The van der Waals surface area contributed by atoms with Gasteiger partial charge in [0.25, 0.3) is 0 Å². The number of carbonyl (C=O) groups is 1. The third-order valence-corrected chi connectivity index (χ3v) is 7.00. The van der Waals surface area contributed by atoms with Crippen LogP contribution in [0.2, 0.25) is 0 Å². The van der Waals surface area contributed by atoms with Gasteiger partial charge in [0.15, 0.2) is 0 Å².